The molecule has 0 heterocycles. The van der Waals surface area contributed by atoms with E-state index in [0.717, 1.165) is 48.2 Å². The van der Waals surface area contributed by atoms with E-state index in [9.17, 15) is 18.0 Å². The predicted molar refractivity (Wildman–Crippen MR) is 173 cm³/mol. The Labute approximate surface area is 265 Å². The van der Waals surface area contributed by atoms with Gasteiger partial charge in [-0.15, -0.1) is 0 Å². The smallest absolute Gasteiger partial charge is 0.244 e. The van der Waals surface area contributed by atoms with Gasteiger partial charge in [0.1, 0.15) is 24.1 Å². The van der Waals surface area contributed by atoms with Gasteiger partial charge in [-0.2, -0.15) is 0 Å². The molecule has 1 atom stereocenters. The molecular formula is C33H40ClN3O6S. The second kappa shape index (κ2) is 15.3. The number of carbonyl (C=O) groups is 2. The summed E-state index contributed by atoms with van der Waals surface area (Å²) in [6, 6.07) is 20.3. The van der Waals surface area contributed by atoms with Crippen LogP contribution < -0.4 is 19.1 Å². The predicted octanol–water partition coefficient (Wildman–Crippen LogP) is 5.21. The third-order valence-corrected chi connectivity index (χ3v) is 9.16. The van der Waals surface area contributed by atoms with Crippen LogP contribution in [0.5, 0.6) is 11.5 Å². The Morgan fingerprint density at radius 2 is 1.64 bits per heavy atom. The number of anilines is 1. The number of amides is 2. The first-order chi connectivity index (χ1) is 21.1. The molecule has 4 rings (SSSR count). The highest BCUT2D eigenvalue weighted by molar-refractivity contribution is 7.92. The second-order valence-corrected chi connectivity index (χ2v) is 13.4. The van der Waals surface area contributed by atoms with E-state index in [4.69, 9.17) is 21.1 Å². The zero-order chi connectivity index (χ0) is 31.7. The van der Waals surface area contributed by atoms with E-state index in [2.05, 4.69) is 5.32 Å². The topological polar surface area (TPSA) is 105 Å². The van der Waals surface area contributed by atoms with Gasteiger partial charge in [-0.25, -0.2) is 8.42 Å². The first-order valence-corrected chi connectivity index (χ1v) is 16.9. The van der Waals surface area contributed by atoms with Gasteiger partial charge in [0.25, 0.3) is 0 Å². The number of hydrogen-bond acceptors (Lipinski definition) is 6. The van der Waals surface area contributed by atoms with Crippen molar-refractivity contribution in [3.63, 3.8) is 0 Å². The van der Waals surface area contributed by atoms with Gasteiger partial charge in [0, 0.05) is 30.1 Å². The number of halogens is 1. The monoisotopic (exact) mass is 641 g/mol. The maximum absolute atomic E-state index is 14.4. The van der Waals surface area contributed by atoms with Crippen LogP contribution in [0.2, 0.25) is 5.02 Å². The van der Waals surface area contributed by atoms with E-state index in [-0.39, 0.29) is 36.4 Å². The van der Waals surface area contributed by atoms with E-state index in [1.165, 1.54) is 25.2 Å². The lowest BCUT2D eigenvalue weighted by Crippen LogP contribution is -2.55. The molecule has 3 aromatic carbocycles. The fourth-order valence-electron chi connectivity index (χ4n) is 5.52. The molecule has 0 bridgehead atoms. The molecule has 1 aliphatic rings. The van der Waals surface area contributed by atoms with Gasteiger partial charge in [-0.1, -0.05) is 73.3 Å². The molecule has 1 fully saturated rings. The van der Waals surface area contributed by atoms with E-state index in [0.29, 0.717) is 16.3 Å². The van der Waals surface area contributed by atoms with Crippen LogP contribution in [0.15, 0.2) is 72.8 Å². The van der Waals surface area contributed by atoms with Gasteiger partial charge in [0.15, 0.2) is 0 Å². The number of carbonyl (C=O) groups excluding carboxylic acids is 2. The van der Waals surface area contributed by atoms with E-state index < -0.39 is 28.5 Å². The molecule has 1 saturated carbocycles. The first kappa shape index (κ1) is 33.1. The molecule has 3 aromatic rings. The van der Waals surface area contributed by atoms with Crippen molar-refractivity contribution in [1.29, 1.82) is 0 Å². The molecule has 44 heavy (non-hydrogen) atoms. The summed E-state index contributed by atoms with van der Waals surface area (Å²) in [7, 11) is -1.06. The van der Waals surface area contributed by atoms with Crippen LogP contribution in [0.3, 0.4) is 0 Å². The fourth-order valence-corrected chi connectivity index (χ4v) is 6.58. The Morgan fingerprint density at radius 1 is 0.932 bits per heavy atom. The number of ether oxygens (including phenoxy) is 2. The zero-order valence-corrected chi connectivity index (χ0v) is 26.9. The van der Waals surface area contributed by atoms with Crippen LogP contribution in [-0.2, 0) is 32.6 Å². The summed E-state index contributed by atoms with van der Waals surface area (Å²) in [4.78, 5) is 29.9. The minimum absolute atomic E-state index is 0.0220. The summed E-state index contributed by atoms with van der Waals surface area (Å²) in [6.45, 7) is -0.504. The number of hydrogen-bond donors (Lipinski definition) is 1. The van der Waals surface area contributed by atoms with Crippen molar-refractivity contribution in [3.05, 3.63) is 88.9 Å². The van der Waals surface area contributed by atoms with Crippen LogP contribution in [0.4, 0.5) is 5.69 Å². The molecule has 0 spiro atoms. The van der Waals surface area contributed by atoms with Crippen molar-refractivity contribution < 1.29 is 27.5 Å². The lowest BCUT2D eigenvalue weighted by molar-refractivity contribution is -0.140. The summed E-state index contributed by atoms with van der Waals surface area (Å²) in [5.74, 6) is -0.132. The normalized spacial score (nSPS) is 14.4. The summed E-state index contributed by atoms with van der Waals surface area (Å²) in [5, 5.41) is 3.68. The van der Waals surface area contributed by atoms with Gasteiger partial charge >= 0.3 is 0 Å². The SMILES string of the molecule is COc1ccc(N(CC(=O)N(Cc2cccc(Cl)c2)[C@@H](Cc2ccccc2)C(=O)NC2CCCCC2)S(C)(=O)=O)c(OC)c1. The highest BCUT2D eigenvalue weighted by atomic mass is 35.5. The Hall–Kier alpha value is -3.76. The molecule has 0 aliphatic heterocycles. The standard InChI is InChI=1S/C33H40ClN3O6S/c1-42-28-17-18-29(31(21-28)43-2)37(44(3,40)41)23-32(38)36(22-25-13-10-14-26(34)19-25)30(20-24-11-6-4-7-12-24)33(39)35-27-15-8-5-9-16-27/h4,6-7,10-14,17-19,21,27,30H,5,8-9,15-16,20,22-23H2,1-3H3,(H,35,39)/t30-/m0/s1. The van der Waals surface area contributed by atoms with Crippen LogP contribution in [-0.4, -0.2) is 64.2 Å². The summed E-state index contributed by atoms with van der Waals surface area (Å²) >= 11 is 6.30. The van der Waals surface area contributed by atoms with Crippen LogP contribution >= 0.6 is 11.6 Å². The zero-order valence-electron chi connectivity index (χ0n) is 25.4. The highest BCUT2D eigenvalue weighted by Gasteiger charge is 2.34. The van der Waals surface area contributed by atoms with Crippen LogP contribution in [0.1, 0.15) is 43.2 Å². The molecule has 236 valence electrons. The minimum atomic E-state index is -3.96. The van der Waals surface area contributed by atoms with Crippen molar-refractivity contribution in [2.75, 3.05) is 31.3 Å². The van der Waals surface area contributed by atoms with Crippen molar-refractivity contribution in [3.8, 4) is 11.5 Å². The average molecular weight is 642 g/mol. The van der Waals surface area contributed by atoms with Gasteiger partial charge in [0.2, 0.25) is 21.8 Å². The largest absolute Gasteiger partial charge is 0.497 e. The lowest BCUT2D eigenvalue weighted by Gasteiger charge is -2.35. The Morgan fingerprint density at radius 3 is 2.27 bits per heavy atom. The quantitative estimate of drug-likeness (QED) is 0.275. The number of methoxy groups -OCH3 is 2. The highest BCUT2D eigenvalue weighted by Crippen LogP contribution is 2.34. The molecule has 0 saturated heterocycles. The van der Waals surface area contributed by atoms with Gasteiger partial charge < -0.3 is 19.7 Å². The summed E-state index contributed by atoms with van der Waals surface area (Å²) < 4.78 is 38.0. The fraction of sp³-hybridized carbons (Fsp3) is 0.394. The first-order valence-electron chi connectivity index (χ1n) is 14.7. The molecule has 9 nitrogen and oxygen atoms in total. The number of nitrogens with one attached hydrogen (secondary N) is 1. The molecule has 0 unspecified atom stereocenters. The van der Waals surface area contributed by atoms with Gasteiger partial charge in [-0.05, 0) is 48.2 Å². The minimum Gasteiger partial charge on any atom is -0.497 e. The maximum Gasteiger partial charge on any atom is 0.244 e. The number of rotatable bonds is 13. The molecule has 0 aromatic heterocycles. The van der Waals surface area contributed by atoms with Crippen LogP contribution in [0, 0.1) is 0 Å². The second-order valence-electron chi connectivity index (χ2n) is 11.0. The molecule has 0 radical (unpaired) electrons. The lowest BCUT2D eigenvalue weighted by atomic mass is 9.94. The van der Waals surface area contributed by atoms with Gasteiger partial charge in [-0.3, -0.25) is 13.9 Å². The average Bonchev–Trinajstić information content (AvgIpc) is 3.01. The van der Waals surface area contributed by atoms with Gasteiger partial charge in [0.05, 0.1) is 26.2 Å². The Balaban J connectivity index is 1.75. The van der Waals surface area contributed by atoms with E-state index in [1.807, 2.05) is 36.4 Å². The Kier molecular flexibility index (Phi) is 11.5. The van der Waals surface area contributed by atoms with E-state index in [1.54, 1.807) is 30.3 Å². The van der Waals surface area contributed by atoms with E-state index >= 15 is 0 Å². The number of nitrogens with zero attached hydrogens (tertiary/aromatic N) is 2. The molecule has 11 heteroatoms. The molecule has 1 N–H and O–H groups in total. The summed E-state index contributed by atoms with van der Waals surface area (Å²) in [6.07, 6.45) is 6.24. The molecule has 2 amide bonds. The summed E-state index contributed by atoms with van der Waals surface area (Å²) in [5.41, 5.74) is 1.76. The molecular weight excluding hydrogens is 602 g/mol. The third-order valence-electron chi connectivity index (χ3n) is 7.80. The number of benzene rings is 3. The van der Waals surface area contributed by atoms with Crippen molar-refractivity contribution in [1.82, 2.24) is 10.2 Å². The maximum atomic E-state index is 14.4. The van der Waals surface area contributed by atoms with Crippen molar-refractivity contribution in [2.45, 2.75) is 57.2 Å². The third kappa shape index (κ3) is 8.89. The van der Waals surface area contributed by atoms with Crippen molar-refractivity contribution >= 4 is 39.1 Å². The van der Waals surface area contributed by atoms with Crippen LogP contribution in [0.25, 0.3) is 0 Å². The molecule has 1 aliphatic carbocycles. The Bertz CT molecular complexity index is 1530. The number of sulfonamides is 1. The van der Waals surface area contributed by atoms with Crippen molar-refractivity contribution in [2.24, 2.45) is 0 Å².